The van der Waals surface area contributed by atoms with Crippen molar-refractivity contribution in [3.05, 3.63) is 29.8 Å². The van der Waals surface area contributed by atoms with Crippen molar-refractivity contribution in [1.82, 2.24) is 5.32 Å². The molecule has 0 bridgehead atoms. The average molecular weight is 600 g/mol. The zero-order chi connectivity index (χ0) is 30.5. The van der Waals surface area contributed by atoms with Crippen LogP contribution in [0.4, 0.5) is 0 Å². The van der Waals surface area contributed by atoms with Crippen LogP contribution >= 0.6 is 0 Å². The zero-order valence-corrected chi connectivity index (χ0v) is 27.8. The maximum absolute atomic E-state index is 13.6. The highest BCUT2D eigenvalue weighted by molar-refractivity contribution is 5.87. The van der Waals surface area contributed by atoms with E-state index in [4.69, 9.17) is 9.47 Å². The largest absolute Gasteiger partial charge is 0.494 e. The van der Waals surface area contributed by atoms with Crippen LogP contribution in [0.5, 0.6) is 5.75 Å². The number of aliphatic hydroxyl groups is 1. The molecule has 43 heavy (non-hydrogen) atoms. The van der Waals surface area contributed by atoms with Crippen LogP contribution in [0.1, 0.15) is 132 Å². The van der Waals surface area contributed by atoms with Crippen molar-refractivity contribution in [2.45, 2.75) is 138 Å². The molecule has 1 aromatic rings. The summed E-state index contributed by atoms with van der Waals surface area (Å²) in [7, 11) is 0. The van der Waals surface area contributed by atoms with Gasteiger partial charge in [0.05, 0.1) is 6.61 Å². The second-order valence-corrected chi connectivity index (χ2v) is 14.9. The van der Waals surface area contributed by atoms with Crippen LogP contribution in [0, 0.1) is 40.9 Å². The first-order valence-electron chi connectivity index (χ1n) is 17.3. The SMILES string of the molecule is C.CCOC1(O)CCC(C)C(CCC2C(C)CCC3(CCOc4cccc(C(C)(CC)NCC(C)C)c4)C(=O)CCC23)C1. The predicted octanol–water partition coefficient (Wildman–Crippen LogP) is 8.92. The van der Waals surface area contributed by atoms with E-state index in [1.165, 1.54) is 5.56 Å². The van der Waals surface area contributed by atoms with Crippen LogP contribution in [-0.2, 0) is 15.1 Å². The lowest BCUT2D eigenvalue weighted by Gasteiger charge is -2.47. The molecule has 0 amide bonds. The number of hydrogen-bond donors (Lipinski definition) is 2. The standard InChI is InChI=1S/C37H61NO4.CH4/c1-8-35(7,38-25-26(3)4)30-11-10-12-31(23-30)41-22-21-36-19-17-28(6)32(33(36)15-16-34(36)39)14-13-29-24-37(40,42-9-2)20-18-27(29)5;/h10-12,23,26-29,32-33,38,40H,8-9,13-22,24-25H2,1-7H3;1H4. The van der Waals surface area contributed by atoms with Crippen molar-refractivity contribution < 1.29 is 19.4 Å². The van der Waals surface area contributed by atoms with E-state index in [9.17, 15) is 9.90 Å². The number of ketones is 1. The highest BCUT2D eigenvalue weighted by atomic mass is 16.6. The molecule has 0 aliphatic heterocycles. The molecule has 246 valence electrons. The molecule has 5 nitrogen and oxygen atoms in total. The van der Waals surface area contributed by atoms with E-state index >= 15 is 0 Å². The lowest BCUT2D eigenvalue weighted by molar-refractivity contribution is -0.232. The summed E-state index contributed by atoms with van der Waals surface area (Å²) in [5.74, 6) is 3.79. The summed E-state index contributed by atoms with van der Waals surface area (Å²) in [6.45, 7) is 17.9. The van der Waals surface area contributed by atoms with Crippen molar-refractivity contribution in [3.63, 3.8) is 0 Å². The number of benzene rings is 1. The second kappa shape index (κ2) is 15.2. The first-order valence-corrected chi connectivity index (χ1v) is 17.3. The van der Waals surface area contributed by atoms with Crippen LogP contribution < -0.4 is 10.1 Å². The van der Waals surface area contributed by atoms with E-state index in [0.29, 0.717) is 54.5 Å². The minimum atomic E-state index is -0.953. The van der Waals surface area contributed by atoms with Gasteiger partial charge in [0.2, 0.25) is 0 Å². The maximum Gasteiger partial charge on any atom is 0.165 e. The fourth-order valence-electron chi connectivity index (χ4n) is 8.73. The van der Waals surface area contributed by atoms with Gasteiger partial charge in [0, 0.05) is 36.8 Å². The molecule has 0 spiro atoms. The summed E-state index contributed by atoms with van der Waals surface area (Å²) >= 11 is 0. The number of nitrogens with one attached hydrogen (secondary N) is 1. The van der Waals surface area contributed by atoms with Crippen LogP contribution in [0.3, 0.4) is 0 Å². The summed E-state index contributed by atoms with van der Waals surface area (Å²) in [6.07, 6.45) is 10.5. The molecule has 0 saturated heterocycles. The van der Waals surface area contributed by atoms with Crippen molar-refractivity contribution in [2.75, 3.05) is 19.8 Å². The predicted molar refractivity (Wildman–Crippen MR) is 178 cm³/mol. The third kappa shape index (κ3) is 8.24. The van der Waals surface area contributed by atoms with Gasteiger partial charge in [-0.15, -0.1) is 0 Å². The molecule has 4 rings (SSSR count). The molecule has 0 radical (unpaired) electrons. The van der Waals surface area contributed by atoms with Gasteiger partial charge in [-0.05, 0) is 125 Å². The van der Waals surface area contributed by atoms with E-state index in [1.807, 2.05) is 6.92 Å². The zero-order valence-electron chi connectivity index (χ0n) is 27.8. The van der Waals surface area contributed by atoms with Gasteiger partial charge in [-0.25, -0.2) is 0 Å². The molecule has 0 heterocycles. The van der Waals surface area contributed by atoms with Gasteiger partial charge in [0.1, 0.15) is 11.5 Å². The Hall–Kier alpha value is -1.43. The number of fused-ring (bicyclic) bond motifs is 1. The third-order valence-electron chi connectivity index (χ3n) is 11.8. The van der Waals surface area contributed by atoms with E-state index in [-0.39, 0.29) is 18.4 Å². The van der Waals surface area contributed by atoms with Crippen LogP contribution in [0.25, 0.3) is 0 Å². The van der Waals surface area contributed by atoms with E-state index in [1.54, 1.807) is 0 Å². The molecule has 1 aromatic carbocycles. The van der Waals surface area contributed by atoms with Crippen molar-refractivity contribution >= 4 is 5.78 Å². The number of carbonyl (C=O) groups is 1. The Morgan fingerprint density at radius 3 is 2.53 bits per heavy atom. The third-order valence-corrected chi connectivity index (χ3v) is 11.8. The lowest BCUT2D eigenvalue weighted by Crippen LogP contribution is -2.44. The van der Waals surface area contributed by atoms with Gasteiger partial charge >= 0.3 is 0 Å². The molecule has 3 aliphatic carbocycles. The summed E-state index contributed by atoms with van der Waals surface area (Å²) in [4.78, 5) is 13.6. The van der Waals surface area contributed by atoms with Crippen LogP contribution in [0.15, 0.2) is 24.3 Å². The summed E-state index contributed by atoms with van der Waals surface area (Å²) in [5.41, 5.74) is 0.946. The summed E-state index contributed by atoms with van der Waals surface area (Å²) in [5, 5.41) is 14.8. The van der Waals surface area contributed by atoms with Gasteiger partial charge in [0.15, 0.2) is 5.79 Å². The molecule has 2 N–H and O–H groups in total. The number of ether oxygens (including phenoxy) is 2. The van der Waals surface area contributed by atoms with Gasteiger partial charge < -0.3 is 19.9 Å². The molecule has 3 aliphatic rings. The number of carbonyl (C=O) groups excluding carboxylic acids is 1. The Bertz CT molecular complexity index is 1030. The quantitative estimate of drug-likeness (QED) is 0.209. The molecule has 0 aromatic heterocycles. The van der Waals surface area contributed by atoms with E-state index in [2.05, 4.69) is 71.1 Å². The van der Waals surface area contributed by atoms with Crippen molar-refractivity contribution in [1.29, 1.82) is 0 Å². The Balaban J connectivity index is 0.00000506. The van der Waals surface area contributed by atoms with Crippen molar-refractivity contribution in [3.8, 4) is 5.75 Å². The van der Waals surface area contributed by atoms with Gasteiger partial charge in [-0.1, -0.05) is 54.2 Å². The first-order chi connectivity index (χ1) is 19.9. The van der Waals surface area contributed by atoms with E-state index < -0.39 is 5.79 Å². The topological polar surface area (TPSA) is 67.8 Å². The Kier molecular flexibility index (Phi) is 12.8. The summed E-state index contributed by atoms with van der Waals surface area (Å²) < 4.78 is 12.2. The van der Waals surface area contributed by atoms with Gasteiger partial charge in [-0.2, -0.15) is 0 Å². The van der Waals surface area contributed by atoms with Crippen LogP contribution in [-0.4, -0.2) is 36.4 Å². The Labute approximate surface area is 264 Å². The summed E-state index contributed by atoms with van der Waals surface area (Å²) in [6, 6.07) is 8.57. The second-order valence-electron chi connectivity index (χ2n) is 14.9. The molecule has 3 fully saturated rings. The first kappa shape index (κ1) is 36.0. The van der Waals surface area contributed by atoms with Crippen molar-refractivity contribution in [2.24, 2.45) is 40.9 Å². The average Bonchev–Trinajstić information content (AvgIpc) is 3.29. The monoisotopic (exact) mass is 599 g/mol. The minimum absolute atomic E-state index is 0. The fourth-order valence-corrected chi connectivity index (χ4v) is 8.73. The number of rotatable bonds is 14. The number of hydrogen-bond acceptors (Lipinski definition) is 5. The number of Topliss-reactive ketones (excluding diaryl/α,β-unsaturated/α-hetero) is 1. The van der Waals surface area contributed by atoms with E-state index in [0.717, 1.165) is 82.9 Å². The van der Waals surface area contributed by atoms with Gasteiger partial charge in [0.25, 0.3) is 0 Å². The van der Waals surface area contributed by atoms with Gasteiger partial charge in [-0.3, -0.25) is 4.79 Å². The lowest BCUT2D eigenvalue weighted by atomic mass is 9.57. The highest BCUT2D eigenvalue weighted by Gasteiger charge is 2.55. The Morgan fingerprint density at radius 2 is 1.84 bits per heavy atom. The molecular formula is C38H65NO4. The smallest absolute Gasteiger partial charge is 0.165 e. The van der Waals surface area contributed by atoms with Crippen LogP contribution in [0.2, 0.25) is 0 Å². The molecular weight excluding hydrogens is 534 g/mol. The fraction of sp³-hybridized carbons (Fsp3) is 0.816. The minimum Gasteiger partial charge on any atom is -0.494 e. The maximum atomic E-state index is 13.6. The highest BCUT2D eigenvalue weighted by Crippen LogP contribution is 2.58. The normalized spacial score (nSPS) is 34.0. The molecule has 8 atom stereocenters. The Morgan fingerprint density at radius 1 is 1.09 bits per heavy atom. The molecule has 3 saturated carbocycles. The molecule has 5 heteroatoms. The molecule has 8 unspecified atom stereocenters.